The first-order valence-corrected chi connectivity index (χ1v) is 6.65. The molecular formula is C12H22N2S. The van der Waals surface area contributed by atoms with Gasteiger partial charge in [-0.1, -0.05) is 13.8 Å². The van der Waals surface area contributed by atoms with Crippen LogP contribution in [-0.2, 0) is 6.42 Å². The molecule has 0 radical (unpaired) electrons. The van der Waals surface area contributed by atoms with Crippen molar-refractivity contribution in [2.45, 2.75) is 46.0 Å². The van der Waals surface area contributed by atoms with Crippen molar-refractivity contribution in [2.24, 2.45) is 0 Å². The zero-order valence-electron chi connectivity index (χ0n) is 10.3. The van der Waals surface area contributed by atoms with E-state index >= 15 is 0 Å². The normalized spacial score (nSPS) is 13.1. The lowest BCUT2D eigenvalue weighted by atomic mass is 10.0. The fourth-order valence-corrected chi connectivity index (χ4v) is 3.19. The highest BCUT2D eigenvalue weighted by Crippen LogP contribution is 2.29. The first kappa shape index (κ1) is 12.7. The van der Waals surface area contributed by atoms with Crippen molar-refractivity contribution in [2.75, 3.05) is 13.6 Å². The Kier molecular flexibility index (Phi) is 5.26. The average Bonchev–Trinajstić information content (AvgIpc) is 2.57. The summed E-state index contributed by atoms with van der Waals surface area (Å²) in [7, 11) is 2.02. The van der Waals surface area contributed by atoms with Crippen LogP contribution in [-0.4, -0.2) is 18.6 Å². The summed E-state index contributed by atoms with van der Waals surface area (Å²) in [6.07, 6.45) is 3.51. The molecule has 1 rings (SSSR count). The van der Waals surface area contributed by atoms with Gasteiger partial charge < -0.3 is 5.32 Å². The highest BCUT2D eigenvalue weighted by atomic mass is 32.1. The number of nitrogens with zero attached hydrogens (tertiary/aromatic N) is 1. The topological polar surface area (TPSA) is 24.9 Å². The number of aryl methyl sites for hydroxylation is 2. The number of hydrogen-bond acceptors (Lipinski definition) is 3. The van der Waals surface area contributed by atoms with Gasteiger partial charge >= 0.3 is 0 Å². The lowest BCUT2D eigenvalue weighted by molar-refractivity contribution is 0.616. The Morgan fingerprint density at radius 3 is 2.67 bits per heavy atom. The Balaban J connectivity index is 2.81. The molecule has 0 saturated carbocycles. The third-order valence-electron chi connectivity index (χ3n) is 2.65. The largest absolute Gasteiger partial charge is 0.319 e. The van der Waals surface area contributed by atoms with Gasteiger partial charge in [-0.05, 0) is 33.2 Å². The Hall–Kier alpha value is -0.410. The summed E-state index contributed by atoms with van der Waals surface area (Å²) >= 11 is 1.91. The van der Waals surface area contributed by atoms with Gasteiger partial charge in [0.1, 0.15) is 0 Å². The van der Waals surface area contributed by atoms with Gasteiger partial charge in [-0.15, -0.1) is 11.3 Å². The lowest BCUT2D eigenvalue weighted by Gasteiger charge is -2.12. The number of thiazole rings is 1. The second-order valence-electron chi connectivity index (χ2n) is 3.97. The molecule has 0 aliphatic rings. The minimum Gasteiger partial charge on any atom is -0.319 e. The maximum atomic E-state index is 4.64. The molecule has 0 aliphatic heterocycles. The molecule has 3 heteroatoms. The van der Waals surface area contributed by atoms with Crippen molar-refractivity contribution < 1.29 is 0 Å². The van der Waals surface area contributed by atoms with E-state index in [1.54, 1.807) is 0 Å². The van der Waals surface area contributed by atoms with E-state index in [-0.39, 0.29) is 0 Å². The summed E-state index contributed by atoms with van der Waals surface area (Å²) in [6, 6.07) is 0. The average molecular weight is 226 g/mol. The van der Waals surface area contributed by atoms with E-state index in [0.29, 0.717) is 5.92 Å². The maximum Gasteiger partial charge on any atom is 0.0930 e. The summed E-state index contributed by atoms with van der Waals surface area (Å²) in [4.78, 5) is 6.12. The van der Waals surface area contributed by atoms with Crippen molar-refractivity contribution in [1.29, 1.82) is 0 Å². The number of nitrogens with one attached hydrogen (secondary N) is 1. The number of hydrogen-bond donors (Lipinski definition) is 1. The molecule has 0 saturated heterocycles. The molecule has 1 unspecified atom stereocenters. The van der Waals surface area contributed by atoms with E-state index in [1.165, 1.54) is 28.4 Å². The van der Waals surface area contributed by atoms with E-state index in [1.807, 2.05) is 18.4 Å². The van der Waals surface area contributed by atoms with Crippen LogP contribution in [0.4, 0.5) is 0 Å². The Morgan fingerprint density at radius 2 is 2.13 bits per heavy atom. The fraction of sp³-hybridized carbons (Fsp3) is 0.750. The van der Waals surface area contributed by atoms with Crippen LogP contribution in [0.2, 0.25) is 0 Å². The van der Waals surface area contributed by atoms with E-state index in [4.69, 9.17) is 0 Å². The van der Waals surface area contributed by atoms with Gasteiger partial charge in [-0.25, -0.2) is 4.98 Å². The van der Waals surface area contributed by atoms with Crippen molar-refractivity contribution in [3.05, 3.63) is 15.6 Å². The van der Waals surface area contributed by atoms with E-state index < -0.39 is 0 Å². The molecule has 0 bridgehead atoms. The molecule has 0 fully saturated rings. The highest BCUT2D eigenvalue weighted by Gasteiger charge is 2.15. The molecule has 1 atom stereocenters. The Labute approximate surface area is 97.1 Å². The summed E-state index contributed by atoms with van der Waals surface area (Å²) in [5.74, 6) is 0.637. The van der Waals surface area contributed by atoms with Crippen LogP contribution in [0.15, 0.2) is 0 Å². The minimum absolute atomic E-state index is 0.637. The molecule has 1 aromatic heterocycles. The molecule has 0 aromatic carbocycles. The lowest BCUT2D eigenvalue weighted by Crippen LogP contribution is -2.16. The maximum absolute atomic E-state index is 4.64. The van der Waals surface area contributed by atoms with Gasteiger partial charge in [0.15, 0.2) is 0 Å². The van der Waals surface area contributed by atoms with E-state index in [9.17, 15) is 0 Å². The van der Waals surface area contributed by atoms with Gasteiger partial charge in [-0.2, -0.15) is 0 Å². The molecule has 86 valence electrons. The first-order valence-electron chi connectivity index (χ1n) is 5.83. The third-order valence-corrected chi connectivity index (χ3v) is 4.03. The van der Waals surface area contributed by atoms with Crippen LogP contribution in [0.3, 0.4) is 0 Å². The van der Waals surface area contributed by atoms with Gasteiger partial charge in [0.2, 0.25) is 0 Å². The molecule has 1 N–H and O–H groups in total. The monoisotopic (exact) mass is 226 g/mol. The van der Waals surface area contributed by atoms with Crippen LogP contribution < -0.4 is 5.32 Å². The van der Waals surface area contributed by atoms with Gasteiger partial charge in [0.25, 0.3) is 0 Å². The molecule has 0 spiro atoms. The zero-order valence-corrected chi connectivity index (χ0v) is 11.1. The summed E-state index contributed by atoms with van der Waals surface area (Å²) < 4.78 is 0. The highest BCUT2D eigenvalue weighted by molar-refractivity contribution is 7.11. The number of likely N-dealkylation sites (N-methyl/N-ethyl adjacent to an activating group) is 1. The van der Waals surface area contributed by atoms with Crippen LogP contribution in [0.1, 0.15) is 48.2 Å². The molecule has 1 aromatic rings. The predicted molar refractivity (Wildman–Crippen MR) is 67.8 cm³/mol. The summed E-state index contributed by atoms with van der Waals surface area (Å²) in [5, 5.41) is 4.57. The molecule has 1 heterocycles. The molecule has 0 aliphatic carbocycles. The molecule has 15 heavy (non-hydrogen) atoms. The Bertz CT molecular complexity index is 294. The van der Waals surface area contributed by atoms with Gasteiger partial charge in [0, 0.05) is 17.3 Å². The van der Waals surface area contributed by atoms with Crippen molar-refractivity contribution in [3.8, 4) is 0 Å². The fourth-order valence-electron chi connectivity index (χ4n) is 1.83. The van der Waals surface area contributed by atoms with Gasteiger partial charge in [-0.3, -0.25) is 0 Å². The zero-order chi connectivity index (χ0) is 11.3. The predicted octanol–water partition coefficient (Wildman–Crippen LogP) is 3.12. The summed E-state index contributed by atoms with van der Waals surface area (Å²) in [5.41, 5.74) is 1.24. The quantitative estimate of drug-likeness (QED) is 0.806. The summed E-state index contributed by atoms with van der Waals surface area (Å²) in [6.45, 7) is 7.66. The number of aromatic nitrogens is 1. The van der Waals surface area contributed by atoms with E-state index in [2.05, 4.69) is 31.1 Å². The first-order chi connectivity index (χ1) is 7.22. The van der Waals surface area contributed by atoms with Gasteiger partial charge in [0.05, 0.1) is 10.7 Å². The van der Waals surface area contributed by atoms with Crippen molar-refractivity contribution >= 4 is 11.3 Å². The van der Waals surface area contributed by atoms with E-state index in [0.717, 1.165) is 13.0 Å². The van der Waals surface area contributed by atoms with Crippen LogP contribution >= 0.6 is 11.3 Å². The smallest absolute Gasteiger partial charge is 0.0930 e. The second kappa shape index (κ2) is 6.23. The third kappa shape index (κ3) is 3.28. The van der Waals surface area contributed by atoms with Crippen molar-refractivity contribution in [3.63, 3.8) is 0 Å². The van der Waals surface area contributed by atoms with Crippen LogP contribution in [0, 0.1) is 6.92 Å². The molecular weight excluding hydrogens is 204 g/mol. The van der Waals surface area contributed by atoms with Crippen LogP contribution in [0.25, 0.3) is 0 Å². The Morgan fingerprint density at radius 1 is 1.40 bits per heavy atom. The second-order valence-corrected chi connectivity index (χ2v) is 5.09. The minimum atomic E-state index is 0.637. The SMILES string of the molecule is CCCc1nc(C)c(C(CC)CNC)s1. The van der Waals surface area contributed by atoms with Crippen LogP contribution in [0.5, 0.6) is 0 Å². The molecule has 2 nitrogen and oxygen atoms in total. The molecule has 0 amide bonds. The van der Waals surface area contributed by atoms with Crippen molar-refractivity contribution in [1.82, 2.24) is 10.3 Å². The standard InChI is InChI=1S/C12H22N2S/c1-5-7-11-14-9(3)12(15-11)10(6-2)8-13-4/h10,13H,5-8H2,1-4H3. The number of rotatable bonds is 6.